The van der Waals surface area contributed by atoms with Gasteiger partial charge in [0, 0.05) is 39.1 Å². The molecule has 1 aliphatic rings. The van der Waals surface area contributed by atoms with Crippen molar-refractivity contribution in [2.75, 3.05) is 33.3 Å². The molecule has 1 aromatic heterocycles. The SMILES string of the molecule is CN=C(NCCCOc1ccccc1)N1CCC(C)C(n2ccnc2)C1. The molecule has 2 unspecified atom stereocenters. The molecule has 6 nitrogen and oxygen atoms in total. The van der Waals surface area contributed by atoms with Crippen LogP contribution in [0.1, 0.15) is 25.8 Å². The zero-order valence-corrected chi connectivity index (χ0v) is 15.7. The third-order valence-corrected chi connectivity index (χ3v) is 4.95. The van der Waals surface area contributed by atoms with Gasteiger partial charge in [-0.15, -0.1) is 0 Å². The number of ether oxygens (including phenoxy) is 1. The predicted octanol–water partition coefficient (Wildman–Crippen LogP) is 2.81. The maximum Gasteiger partial charge on any atom is 0.193 e. The van der Waals surface area contributed by atoms with Gasteiger partial charge < -0.3 is 19.5 Å². The molecule has 3 rings (SSSR count). The van der Waals surface area contributed by atoms with Crippen molar-refractivity contribution in [3.05, 3.63) is 49.1 Å². The molecule has 0 bridgehead atoms. The second-order valence-electron chi connectivity index (χ2n) is 6.78. The van der Waals surface area contributed by atoms with Crippen molar-refractivity contribution < 1.29 is 4.74 Å². The van der Waals surface area contributed by atoms with Gasteiger partial charge in [-0.1, -0.05) is 25.1 Å². The van der Waals surface area contributed by atoms with Crippen molar-refractivity contribution in [2.45, 2.75) is 25.8 Å². The molecule has 140 valence electrons. The normalized spacial score (nSPS) is 20.8. The van der Waals surface area contributed by atoms with E-state index in [4.69, 9.17) is 4.74 Å². The number of nitrogens with zero attached hydrogens (tertiary/aromatic N) is 4. The number of hydrogen-bond donors (Lipinski definition) is 1. The molecule has 2 aromatic rings. The maximum absolute atomic E-state index is 5.74. The van der Waals surface area contributed by atoms with Crippen molar-refractivity contribution in [3.8, 4) is 5.75 Å². The Bertz CT molecular complexity index is 671. The van der Waals surface area contributed by atoms with Gasteiger partial charge in [0.25, 0.3) is 0 Å². The summed E-state index contributed by atoms with van der Waals surface area (Å²) in [6.07, 6.45) is 7.92. The minimum Gasteiger partial charge on any atom is -0.494 e. The first kappa shape index (κ1) is 18.3. The standard InChI is InChI=1S/C20H29N5O/c1-17-9-12-24(15-19(17)25-13-11-22-16-25)20(21-2)23-10-6-14-26-18-7-4-3-5-8-18/h3-5,7-8,11,13,16-17,19H,6,9-10,12,14-15H2,1-2H3,(H,21,23). The molecule has 1 aromatic carbocycles. The molecule has 2 heterocycles. The fraction of sp³-hybridized carbons (Fsp3) is 0.500. The highest BCUT2D eigenvalue weighted by Gasteiger charge is 2.28. The number of aliphatic imine (C=N–C) groups is 1. The second-order valence-corrected chi connectivity index (χ2v) is 6.78. The van der Waals surface area contributed by atoms with E-state index in [1.165, 1.54) is 0 Å². The fourth-order valence-corrected chi connectivity index (χ4v) is 3.41. The molecular weight excluding hydrogens is 326 g/mol. The Morgan fingerprint density at radius 1 is 1.35 bits per heavy atom. The topological polar surface area (TPSA) is 54.7 Å². The highest BCUT2D eigenvalue weighted by atomic mass is 16.5. The minimum atomic E-state index is 0.436. The lowest BCUT2D eigenvalue weighted by Crippen LogP contribution is -2.49. The Morgan fingerprint density at radius 3 is 2.92 bits per heavy atom. The first-order valence-electron chi connectivity index (χ1n) is 9.39. The number of imidazole rings is 1. The fourth-order valence-electron chi connectivity index (χ4n) is 3.41. The van der Waals surface area contributed by atoms with Gasteiger partial charge in [0.1, 0.15) is 5.75 Å². The van der Waals surface area contributed by atoms with Crippen LogP contribution in [-0.2, 0) is 0 Å². The van der Waals surface area contributed by atoms with E-state index >= 15 is 0 Å². The number of aromatic nitrogens is 2. The van der Waals surface area contributed by atoms with Gasteiger partial charge in [-0.05, 0) is 30.9 Å². The Balaban J connectivity index is 1.45. The van der Waals surface area contributed by atoms with Crippen molar-refractivity contribution in [1.29, 1.82) is 0 Å². The summed E-state index contributed by atoms with van der Waals surface area (Å²) in [5.41, 5.74) is 0. The van der Waals surface area contributed by atoms with Gasteiger partial charge in [0.05, 0.1) is 19.0 Å². The van der Waals surface area contributed by atoms with Gasteiger partial charge in [-0.3, -0.25) is 4.99 Å². The van der Waals surface area contributed by atoms with Gasteiger partial charge in [0.2, 0.25) is 0 Å². The first-order chi connectivity index (χ1) is 12.8. The Morgan fingerprint density at radius 2 is 2.19 bits per heavy atom. The highest BCUT2D eigenvalue weighted by molar-refractivity contribution is 5.80. The average Bonchev–Trinajstić information content (AvgIpc) is 3.21. The molecule has 1 saturated heterocycles. The van der Waals surface area contributed by atoms with Crippen LogP contribution < -0.4 is 10.1 Å². The number of rotatable bonds is 6. The highest BCUT2D eigenvalue weighted by Crippen LogP contribution is 2.27. The van der Waals surface area contributed by atoms with Crippen molar-refractivity contribution in [3.63, 3.8) is 0 Å². The van der Waals surface area contributed by atoms with Gasteiger partial charge in [0.15, 0.2) is 5.96 Å². The lowest BCUT2D eigenvalue weighted by Gasteiger charge is -2.39. The lowest BCUT2D eigenvalue weighted by molar-refractivity contribution is 0.188. The van der Waals surface area contributed by atoms with E-state index < -0.39 is 0 Å². The van der Waals surface area contributed by atoms with Crippen molar-refractivity contribution in [2.24, 2.45) is 10.9 Å². The summed E-state index contributed by atoms with van der Waals surface area (Å²) in [4.78, 5) is 11.0. The molecule has 0 saturated carbocycles. The van der Waals surface area contributed by atoms with E-state index in [9.17, 15) is 0 Å². The average molecular weight is 355 g/mol. The van der Waals surface area contributed by atoms with Crippen molar-refractivity contribution >= 4 is 5.96 Å². The molecule has 1 aliphatic heterocycles. The van der Waals surface area contributed by atoms with E-state index in [0.29, 0.717) is 18.6 Å². The van der Waals surface area contributed by atoms with E-state index in [1.807, 2.05) is 49.9 Å². The maximum atomic E-state index is 5.74. The van der Waals surface area contributed by atoms with E-state index in [1.54, 1.807) is 0 Å². The van der Waals surface area contributed by atoms with E-state index in [-0.39, 0.29) is 0 Å². The van der Waals surface area contributed by atoms with Crippen LogP contribution in [-0.4, -0.2) is 53.7 Å². The number of para-hydroxylation sites is 1. The summed E-state index contributed by atoms with van der Waals surface area (Å²) < 4.78 is 7.96. The van der Waals surface area contributed by atoms with Crippen LogP contribution in [0.15, 0.2) is 54.0 Å². The number of likely N-dealkylation sites (tertiary alicyclic amines) is 1. The monoisotopic (exact) mass is 355 g/mol. The van der Waals surface area contributed by atoms with Gasteiger partial charge in [-0.25, -0.2) is 4.98 Å². The number of nitrogens with one attached hydrogen (secondary N) is 1. The molecule has 0 radical (unpaired) electrons. The zero-order chi connectivity index (χ0) is 18.2. The lowest BCUT2D eigenvalue weighted by atomic mass is 9.93. The quantitative estimate of drug-likeness (QED) is 0.492. The molecule has 0 spiro atoms. The van der Waals surface area contributed by atoms with Crippen LogP contribution in [0.3, 0.4) is 0 Å². The molecule has 0 amide bonds. The van der Waals surface area contributed by atoms with Crippen molar-refractivity contribution in [1.82, 2.24) is 19.8 Å². The summed E-state index contributed by atoms with van der Waals surface area (Å²) in [6.45, 7) is 5.85. The molecule has 1 fully saturated rings. The Kier molecular flexibility index (Phi) is 6.52. The third-order valence-electron chi connectivity index (χ3n) is 4.95. The van der Waals surface area contributed by atoms with Crippen LogP contribution in [0, 0.1) is 5.92 Å². The third kappa shape index (κ3) is 4.77. The molecule has 0 aliphatic carbocycles. The predicted molar refractivity (Wildman–Crippen MR) is 105 cm³/mol. The van der Waals surface area contributed by atoms with Crippen LogP contribution in [0.4, 0.5) is 0 Å². The molecule has 26 heavy (non-hydrogen) atoms. The Labute approximate surface area is 155 Å². The van der Waals surface area contributed by atoms with Crippen LogP contribution in [0.2, 0.25) is 0 Å². The van der Waals surface area contributed by atoms with E-state index in [2.05, 4.69) is 37.9 Å². The zero-order valence-electron chi connectivity index (χ0n) is 15.7. The van der Waals surface area contributed by atoms with Crippen LogP contribution >= 0.6 is 0 Å². The van der Waals surface area contributed by atoms with Crippen LogP contribution in [0.5, 0.6) is 5.75 Å². The van der Waals surface area contributed by atoms with Gasteiger partial charge >= 0.3 is 0 Å². The van der Waals surface area contributed by atoms with Gasteiger partial charge in [-0.2, -0.15) is 0 Å². The second kappa shape index (κ2) is 9.27. The number of piperidine rings is 1. The molecule has 6 heteroatoms. The largest absolute Gasteiger partial charge is 0.494 e. The summed E-state index contributed by atoms with van der Waals surface area (Å²) in [7, 11) is 1.85. The summed E-state index contributed by atoms with van der Waals surface area (Å²) in [5, 5.41) is 3.48. The number of hydrogen-bond acceptors (Lipinski definition) is 3. The molecule has 1 N–H and O–H groups in total. The summed E-state index contributed by atoms with van der Waals surface area (Å²) >= 11 is 0. The first-order valence-corrected chi connectivity index (χ1v) is 9.39. The summed E-state index contributed by atoms with van der Waals surface area (Å²) in [6, 6.07) is 10.4. The summed E-state index contributed by atoms with van der Waals surface area (Å²) in [5.74, 6) is 2.53. The minimum absolute atomic E-state index is 0.436. The van der Waals surface area contributed by atoms with E-state index in [0.717, 1.165) is 44.2 Å². The molecular formula is C20H29N5O. The molecule has 2 atom stereocenters. The Hall–Kier alpha value is -2.50. The van der Waals surface area contributed by atoms with Crippen LogP contribution in [0.25, 0.3) is 0 Å². The number of benzene rings is 1. The smallest absolute Gasteiger partial charge is 0.193 e. The number of guanidine groups is 1.